The molecule has 0 fully saturated rings. The molecule has 0 unspecified atom stereocenters. The molecule has 0 spiro atoms. The van der Waals surface area contributed by atoms with E-state index in [0.717, 1.165) is 9.87 Å². The fraction of sp³-hybridized carbons (Fsp3) is 0.167. The van der Waals surface area contributed by atoms with E-state index in [2.05, 4.69) is 26.5 Å². The third kappa shape index (κ3) is 6.28. The summed E-state index contributed by atoms with van der Waals surface area (Å²) in [4.78, 5) is 12.8. The van der Waals surface area contributed by atoms with Crippen molar-refractivity contribution in [3.05, 3.63) is 75.2 Å². The van der Waals surface area contributed by atoms with Crippen molar-refractivity contribution in [1.82, 2.24) is 5.43 Å². The van der Waals surface area contributed by atoms with Gasteiger partial charge in [0.2, 0.25) is 0 Å². The topological polar surface area (TPSA) is 118 Å². The predicted octanol–water partition coefficient (Wildman–Crippen LogP) is 4.48. The Morgan fingerprint density at radius 3 is 2.39 bits per heavy atom. The van der Waals surface area contributed by atoms with Crippen LogP contribution in [0.15, 0.2) is 69.1 Å². The van der Waals surface area contributed by atoms with Crippen molar-refractivity contribution in [3.8, 4) is 17.2 Å². The molecule has 190 valence electrons. The van der Waals surface area contributed by atoms with Crippen LogP contribution in [-0.2, 0) is 14.8 Å². The molecule has 0 heterocycles. The van der Waals surface area contributed by atoms with E-state index >= 15 is 0 Å². The second-order valence-electron chi connectivity index (χ2n) is 7.49. The molecule has 3 aromatic carbocycles. The Bertz CT molecular complexity index is 1400. The van der Waals surface area contributed by atoms with E-state index in [-0.39, 0.29) is 27.1 Å². The highest BCUT2D eigenvalue weighted by atomic mass is 79.9. The number of halogens is 2. The van der Waals surface area contributed by atoms with Gasteiger partial charge in [0.15, 0.2) is 11.5 Å². The summed E-state index contributed by atoms with van der Waals surface area (Å²) in [5.41, 5.74) is 3.90. The van der Waals surface area contributed by atoms with Gasteiger partial charge in [0, 0.05) is 0 Å². The Morgan fingerprint density at radius 2 is 1.78 bits per heavy atom. The third-order valence-corrected chi connectivity index (χ3v) is 7.68. The highest BCUT2D eigenvalue weighted by Crippen LogP contribution is 2.35. The molecule has 9 nitrogen and oxygen atoms in total. The number of carbonyl (C=O) groups excluding carboxylic acids is 1. The maximum atomic E-state index is 13.5. The lowest BCUT2D eigenvalue weighted by Crippen LogP contribution is -2.39. The van der Waals surface area contributed by atoms with Crippen molar-refractivity contribution >= 4 is 55.4 Å². The number of methoxy groups -OCH3 is 2. The molecule has 0 aliphatic carbocycles. The molecule has 0 aromatic heterocycles. The lowest BCUT2D eigenvalue weighted by Gasteiger charge is -2.24. The molecular weight excluding hydrogens is 574 g/mol. The zero-order chi connectivity index (χ0) is 26.5. The van der Waals surface area contributed by atoms with E-state index < -0.39 is 22.5 Å². The van der Waals surface area contributed by atoms with Crippen LogP contribution in [0.4, 0.5) is 5.69 Å². The molecule has 0 saturated carbocycles. The van der Waals surface area contributed by atoms with Crippen molar-refractivity contribution in [1.29, 1.82) is 0 Å². The number of nitrogens with zero attached hydrogens (tertiary/aromatic N) is 2. The molecule has 0 aliphatic rings. The number of aromatic hydroxyl groups is 1. The number of phenols is 1. The standard InChI is InChI=1S/C24H23BrClN3O6S/c1-15-4-7-18(8-5-15)36(32,33)29(17-6-9-21(34-2)20(26)12-17)14-23(30)28-27-13-16-10-19(25)24(31)22(11-16)35-3/h4-13,31H,14H2,1-3H3,(H,28,30)/b27-13-. The Kier molecular flexibility index (Phi) is 8.83. The SMILES string of the molecule is COc1ccc(N(CC(=O)N/N=C\c2cc(Br)c(O)c(OC)c2)S(=O)(=O)c2ccc(C)cc2)cc1Cl. The summed E-state index contributed by atoms with van der Waals surface area (Å²) >= 11 is 9.43. The van der Waals surface area contributed by atoms with Gasteiger partial charge in [0.05, 0.1) is 40.5 Å². The number of hydrogen-bond donors (Lipinski definition) is 2. The number of benzene rings is 3. The zero-order valence-corrected chi connectivity index (χ0v) is 22.7. The van der Waals surface area contributed by atoms with E-state index in [4.69, 9.17) is 21.1 Å². The maximum Gasteiger partial charge on any atom is 0.264 e. The molecule has 1 amide bonds. The van der Waals surface area contributed by atoms with Crippen LogP contribution in [0, 0.1) is 6.92 Å². The number of carbonyl (C=O) groups is 1. The number of hydrogen-bond acceptors (Lipinski definition) is 7. The minimum Gasteiger partial charge on any atom is -0.503 e. The minimum atomic E-state index is -4.13. The van der Waals surface area contributed by atoms with E-state index in [9.17, 15) is 18.3 Å². The van der Waals surface area contributed by atoms with Gasteiger partial charge >= 0.3 is 0 Å². The van der Waals surface area contributed by atoms with Gasteiger partial charge in [-0.25, -0.2) is 13.8 Å². The number of hydrazone groups is 1. The molecule has 0 aliphatic heterocycles. The first kappa shape index (κ1) is 27.3. The fourth-order valence-electron chi connectivity index (χ4n) is 3.13. The van der Waals surface area contributed by atoms with Crippen LogP contribution in [-0.4, -0.2) is 46.4 Å². The molecule has 12 heteroatoms. The highest BCUT2D eigenvalue weighted by Gasteiger charge is 2.28. The van der Waals surface area contributed by atoms with Crippen LogP contribution in [0.2, 0.25) is 5.02 Å². The van der Waals surface area contributed by atoms with Crippen molar-refractivity contribution in [2.45, 2.75) is 11.8 Å². The summed E-state index contributed by atoms with van der Waals surface area (Å²) in [6, 6.07) is 13.8. The summed E-state index contributed by atoms with van der Waals surface area (Å²) in [5.74, 6) is -0.200. The summed E-state index contributed by atoms with van der Waals surface area (Å²) < 4.78 is 38.5. The van der Waals surface area contributed by atoms with Gasteiger partial charge in [-0.1, -0.05) is 29.3 Å². The number of amides is 1. The second-order valence-corrected chi connectivity index (χ2v) is 10.6. The van der Waals surface area contributed by atoms with Gasteiger partial charge < -0.3 is 14.6 Å². The van der Waals surface area contributed by atoms with Gasteiger partial charge in [0.1, 0.15) is 12.3 Å². The molecule has 0 radical (unpaired) electrons. The lowest BCUT2D eigenvalue weighted by molar-refractivity contribution is -0.119. The van der Waals surface area contributed by atoms with Gasteiger partial charge in [0.25, 0.3) is 15.9 Å². The Morgan fingerprint density at radius 1 is 1.11 bits per heavy atom. The summed E-state index contributed by atoms with van der Waals surface area (Å²) in [6.07, 6.45) is 1.33. The van der Waals surface area contributed by atoms with E-state index in [1.54, 1.807) is 18.2 Å². The first-order valence-corrected chi connectivity index (χ1v) is 13.0. The van der Waals surface area contributed by atoms with E-state index in [1.165, 1.54) is 56.8 Å². The van der Waals surface area contributed by atoms with Crippen LogP contribution in [0.1, 0.15) is 11.1 Å². The molecule has 0 bridgehead atoms. The number of aryl methyl sites for hydroxylation is 1. The van der Waals surface area contributed by atoms with Gasteiger partial charge in [-0.2, -0.15) is 5.10 Å². The van der Waals surface area contributed by atoms with Gasteiger partial charge in [-0.05, 0) is 70.9 Å². The molecule has 3 aromatic rings. The number of sulfonamides is 1. The van der Waals surface area contributed by atoms with Crippen LogP contribution in [0.5, 0.6) is 17.2 Å². The quantitative estimate of drug-likeness (QED) is 0.278. The van der Waals surface area contributed by atoms with Crippen molar-refractivity contribution in [2.24, 2.45) is 5.10 Å². The third-order valence-electron chi connectivity index (χ3n) is 4.99. The number of phenolic OH excluding ortho intramolecular Hbond substituents is 1. The van der Waals surface area contributed by atoms with E-state index in [0.29, 0.717) is 15.8 Å². The largest absolute Gasteiger partial charge is 0.503 e. The van der Waals surface area contributed by atoms with Crippen LogP contribution >= 0.6 is 27.5 Å². The summed E-state index contributed by atoms with van der Waals surface area (Å²) in [7, 11) is -1.29. The minimum absolute atomic E-state index is 0.0115. The van der Waals surface area contributed by atoms with Crippen molar-refractivity contribution in [3.63, 3.8) is 0 Å². The lowest BCUT2D eigenvalue weighted by atomic mass is 10.2. The van der Waals surface area contributed by atoms with Crippen molar-refractivity contribution < 1.29 is 27.8 Å². The fourth-order valence-corrected chi connectivity index (χ4v) is 5.26. The Labute approximate surface area is 222 Å². The monoisotopic (exact) mass is 595 g/mol. The average Bonchev–Trinajstić information content (AvgIpc) is 2.84. The molecule has 3 rings (SSSR count). The Balaban J connectivity index is 1.88. The second kappa shape index (κ2) is 11.6. The number of nitrogens with one attached hydrogen (secondary N) is 1. The van der Waals surface area contributed by atoms with Gasteiger partial charge in [-0.15, -0.1) is 0 Å². The van der Waals surface area contributed by atoms with Crippen molar-refractivity contribution in [2.75, 3.05) is 25.1 Å². The summed E-state index contributed by atoms with van der Waals surface area (Å²) in [5, 5.41) is 14.0. The molecule has 0 saturated heterocycles. The number of anilines is 1. The Hall–Kier alpha value is -3.28. The predicted molar refractivity (Wildman–Crippen MR) is 142 cm³/mol. The first-order valence-electron chi connectivity index (χ1n) is 10.4. The van der Waals surface area contributed by atoms with Crippen LogP contribution in [0.3, 0.4) is 0 Å². The smallest absolute Gasteiger partial charge is 0.264 e. The highest BCUT2D eigenvalue weighted by molar-refractivity contribution is 9.10. The van der Waals surface area contributed by atoms with E-state index in [1.807, 2.05) is 6.92 Å². The average molecular weight is 597 g/mol. The normalized spacial score (nSPS) is 11.4. The molecule has 2 N–H and O–H groups in total. The molecule has 0 atom stereocenters. The summed E-state index contributed by atoms with van der Waals surface area (Å²) in [6.45, 7) is 1.27. The van der Waals surface area contributed by atoms with Crippen LogP contribution < -0.4 is 19.2 Å². The molecule has 36 heavy (non-hydrogen) atoms. The maximum absolute atomic E-state index is 13.5. The first-order chi connectivity index (χ1) is 17.1. The number of ether oxygens (including phenoxy) is 2. The zero-order valence-electron chi connectivity index (χ0n) is 19.5. The molecular formula is C24H23BrClN3O6S. The number of rotatable bonds is 9. The van der Waals surface area contributed by atoms with Crippen LogP contribution in [0.25, 0.3) is 0 Å². The van der Waals surface area contributed by atoms with Gasteiger partial charge in [-0.3, -0.25) is 9.10 Å².